The molecule has 0 saturated heterocycles. The van der Waals surface area contributed by atoms with Crippen LogP contribution < -0.4 is 5.32 Å². The summed E-state index contributed by atoms with van der Waals surface area (Å²) in [4.78, 5) is 0. The molecule has 1 aromatic rings. The summed E-state index contributed by atoms with van der Waals surface area (Å²) in [6, 6.07) is 0. The van der Waals surface area contributed by atoms with E-state index in [4.69, 9.17) is 4.52 Å². The fourth-order valence-electron chi connectivity index (χ4n) is 2.83. The molecule has 1 N–H and O–H groups in total. The molecule has 1 aliphatic rings. The normalized spacial score (nSPS) is 19.5. The Bertz CT molecular complexity index is 345. The molecule has 3 nitrogen and oxygen atoms in total. The zero-order valence-corrected chi connectivity index (χ0v) is 11.3. The van der Waals surface area contributed by atoms with Gasteiger partial charge in [-0.2, -0.15) is 0 Å². The van der Waals surface area contributed by atoms with Gasteiger partial charge < -0.3 is 9.84 Å². The van der Waals surface area contributed by atoms with Crippen molar-refractivity contribution in [2.24, 2.45) is 5.41 Å². The number of hydrogen-bond donors (Lipinski definition) is 1. The Hall–Kier alpha value is -0.830. The van der Waals surface area contributed by atoms with E-state index in [9.17, 15) is 0 Å². The van der Waals surface area contributed by atoms with Crippen LogP contribution in [0.25, 0.3) is 0 Å². The first-order chi connectivity index (χ1) is 8.11. The van der Waals surface area contributed by atoms with Crippen molar-refractivity contribution < 1.29 is 4.52 Å². The molecule has 0 aliphatic heterocycles. The molecule has 1 saturated carbocycles. The first-order valence-corrected chi connectivity index (χ1v) is 6.73. The number of aryl methyl sites for hydroxylation is 2. The van der Waals surface area contributed by atoms with E-state index in [-0.39, 0.29) is 0 Å². The van der Waals surface area contributed by atoms with Crippen LogP contribution in [-0.2, 0) is 6.54 Å². The van der Waals surface area contributed by atoms with Crippen molar-refractivity contribution in [2.45, 2.75) is 59.4 Å². The van der Waals surface area contributed by atoms with Crippen molar-refractivity contribution in [3.63, 3.8) is 0 Å². The summed E-state index contributed by atoms with van der Waals surface area (Å²) in [6.07, 6.45) is 6.93. The summed E-state index contributed by atoms with van der Waals surface area (Å²) in [5.41, 5.74) is 2.74. The van der Waals surface area contributed by atoms with E-state index in [0.29, 0.717) is 5.41 Å². The second-order valence-corrected chi connectivity index (χ2v) is 5.78. The van der Waals surface area contributed by atoms with Crippen LogP contribution in [0.3, 0.4) is 0 Å². The average Bonchev–Trinajstić information content (AvgIpc) is 2.61. The van der Waals surface area contributed by atoms with Gasteiger partial charge in [-0.3, -0.25) is 0 Å². The molecule has 0 bridgehead atoms. The second kappa shape index (κ2) is 5.21. The predicted octanol–water partition coefficient (Wildman–Crippen LogP) is 3.35. The topological polar surface area (TPSA) is 38.1 Å². The van der Waals surface area contributed by atoms with E-state index in [1.165, 1.54) is 37.7 Å². The summed E-state index contributed by atoms with van der Waals surface area (Å²) in [5.74, 6) is 0.948. The summed E-state index contributed by atoms with van der Waals surface area (Å²) in [5, 5.41) is 7.56. The highest BCUT2D eigenvalue weighted by Gasteiger charge is 2.26. The Morgan fingerprint density at radius 2 is 1.94 bits per heavy atom. The van der Waals surface area contributed by atoms with Crippen molar-refractivity contribution in [1.82, 2.24) is 10.5 Å². The summed E-state index contributed by atoms with van der Waals surface area (Å²) in [7, 11) is 0. The Kier molecular flexibility index (Phi) is 3.87. The number of aromatic nitrogens is 1. The molecule has 0 radical (unpaired) electrons. The second-order valence-electron chi connectivity index (χ2n) is 5.78. The van der Waals surface area contributed by atoms with Gasteiger partial charge in [-0.25, -0.2) is 0 Å². The Morgan fingerprint density at radius 3 is 2.53 bits per heavy atom. The van der Waals surface area contributed by atoms with Gasteiger partial charge in [0.05, 0.1) is 5.69 Å². The van der Waals surface area contributed by atoms with E-state index < -0.39 is 0 Å². The van der Waals surface area contributed by atoms with E-state index in [1.54, 1.807) is 0 Å². The molecule has 1 aromatic heterocycles. The predicted molar refractivity (Wildman–Crippen MR) is 68.9 cm³/mol. The molecule has 0 amide bonds. The van der Waals surface area contributed by atoms with Gasteiger partial charge in [0.15, 0.2) is 0 Å². The first-order valence-electron chi connectivity index (χ1n) is 6.73. The molecular weight excluding hydrogens is 212 g/mol. The lowest BCUT2D eigenvalue weighted by atomic mass is 9.76. The number of nitrogens with zero attached hydrogens (tertiary/aromatic N) is 1. The van der Waals surface area contributed by atoms with Crippen molar-refractivity contribution in [3.8, 4) is 0 Å². The van der Waals surface area contributed by atoms with Crippen LogP contribution in [0.15, 0.2) is 4.52 Å². The van der Waals surface area contributed by atoms with Crippen LogP contribution in [0, 0.1) is 19.3 Å². The van der Waals surface area contributed by atoms with Crippen LogP contribution in [0.1, 0.15) is 56.0 Å². The fourth-order valence-corrected chi connectivity index (χ4v) is 2.83. The molecule has 0 aromatic carbocycles. The molecule has 1 heterocycles. The summed E-state index contributed by atoms with van der Waals surface area (Å²) < 4.78 is 5.17. The highest BCUT2D eigenvalue weighted by atomic mass is 16.5. The molecule has 17 heavy (non-hydrogen) atoms. The molecule has 0 atom stereocenters. The minimum atomic E-state index is 0.497. The largest absolute Gasteiger partial charge is 0.361 e. The van der Waals surface area contributed by atoms with Crippen LogP contribution >= 0.6 is 0 Å². The van der Waals surface area contributed by atoms with Crippen LogP contribution in [-0.4, -0.2) is 11.7 Å². The molecular formula is C14H24N2O. The Balaban J connectivity index is 1.83. The molecule has 1 fully saturated rings. The van der Waals surface area contributed by atoms with E-state index in [1.807, 2.05) is 13.8 Å². The maximum absolute atomic E-state index is 5.17. The van der Waals surface area contributed by atoms with Crippen molar-refractivity contribution in [1.29, 1.82) is 0 Å². The Morgan fingerprint density at radius 1 is 1.24 bits per heavy atom. The van der Waals surface area contributed by atoms with Gasteiger partial charge in [0, 0.05) is 18.7 Å². The average molecular weight is 236 g/mol. The lowest BCUT2D eigenvalue weighted by molar-refractivity contribution is 0.207. The van der Waals surface area contributed by atoms with Crippen LogP contribution in [0.4, 0.5) is 0 Å². The zero-order valence-electron chi connectivity index (χ0n) is 11.3. The monoisotopic (exact) mass is 236 g/mol. The number of nitrogens with one attached hydrogen (secondary N) is 1. The SMILES string of the molecule is Cc1noc(C)c1CNCC1(C)CCCCC1. The molecule has 96 valence electrons. The lowest BCUT2D eigenvalue weighted by Crippen LogP contribution is -2.33. The minimum absolute atomic E-state index is 0.497. The molecule has 1 aliphatic carbocycles. The minimum Gasteiger partial charge on any atom is -0.361 e. The summed E-state index contributed by atoms with van der Waals surface area (Å²) in [6.45, 7) is 8.40. The van der Waals surface area contributed by atoms with Crippen LogP contribution in [0.2, 0.25) is 0 Å². The first kappa shape index (κ1) is 12.6. The standard InChI is InChI=1S/C14H24N2O/c1-11-13(12(2)17-16-11)9-15-10-14(3)7-5-4-6-8-14/h15H,4-10H2,1-3H3. The van der Waals surface area contributed by atoms with Gasteiger partial charge >= 0.3 is 0 Å². The zero-order chi connectivity index (χ0) is 12.3. The van der Waals surface area contributed by atoms with Crippen LogP contribution in [0.5, 0.6) is 0 Å². The van der Waals surface area contributed by atoms with Gasteiger partial charge in [-0.1, -0.05) is 31.3 Å². The Labute approximate surface area is 104 Å². The third-order valence-corrected chi connectivity index (χ3v) is 4.10. The van der Waals surface area contributed by atoms with Gasteiger partial charge in [0.25, 0.3) is 0 Å². The maximum Gasteiger partial charge on any atom is 0.138 e. The van der Waals surface area contributed by atoms with Crippen molar-refractivity contribution in [2.75, 3.05) is 6.54 Å². The molecule has 0 unspecified atom stereocenters. The van der Waals surface area contributed by atoms with Gasteiger partial charge in [0.2, 0.25) is 0 Å². The third kappa shape index (κ3) is 3.09. The molecule has 0 spiro atoms. The van der Waals surface area contributed by atoms with E-state index >= 15 is 0 Å². The quantitative estimate of drug-likeness (QED) is 0.871. The van der Waals surface area contributed by atoms with Crippen molar-refractivity contribution in [3.05, 3.63) is 17.0 Å². The molecule has 2 rings (SSSR count). The van der Waals surface area contributed by atoms with Gasteiger partial charge in [0.1, 0.15) is 5.76 Å². The summed E-state index contributed by atoms with van der Waals surface area (Å²) >= 11 is 0. The fraction of sp³-hybridized carbons (Fsp3) is 0.786. The van der Waals surface area contributed by atoms with Gasteiger partial charge in [-0.05, 0) is 32.1 Å². The van der Waals surface area contributed by atoms with E-state index in [0.717, 1.165) is 24.5 Å². The highest BCUT2D eigenvalue weighted by Crippen LogP contribution is 2.35. The van der Waals surface area contributed by atoms with Gasteiger partial charge in [-0.15, -0.1) is 0 Å². The number of rotatable bonds is 4. The van der Waals surface area contributed by atoms with E-state index in [2.05, 4.69) is 17.4 Å². The smallest absolute Gasteiger partial charge is 0.138 e. The lowest BCUT2D eigenvalue weighted by Gasteiger charge is -2.33. The maximum atomic E-state index is 5.17. The highest BCUT2D eigenvalue weighted by molar-refractivity contribution is 5.20. The third-order valence-electron chi connectivity index (χ3n) is 4.10. The molecule has 3 heteroatoms. The number of hydrogen-bond acceptors (Lipinski definition) is 3. The van der Waals surface area contributed by atoms with Crippen molar-refractivity contribution >= 4 is 0 Å².